The van der Waals surface area contributed by atoms with Gasteiger partial charge in [-0.25, -0.2) is 8.42 Å². The molecule has 0 saturated carbocycles. The molecule has 8 heteroatoms. The van der Waals surface area contributed by atoms with Crippen LogP contribution in [0.4, 0.5) is 11.4 Å². The van der Waals surface area contributed by atoms with Gasteiger partial charge >= 0.3 is 0 Å². The minimum atomic E-state index is -3.89. The highest BCUT2D eigenvalue weighted by atomic mass is 79.9. The second-order valence-electron chi connectivity index (χ2n) is 4.41. The van der Waals surface area contributed by atoms with Crippen LogP contribution in [0.15, 0.2) is 39.7 Å². The van der Waals surface area contributed by atoms with Crippen LogP contribution in [0.25, 0.3) is 0 Å². The lowest BCUT2D eigenvalue weighted by molar-refractivity contribution is 0.471. The first kappa shape index (κ1) is 15.9. The second-order valence-corrected chi connectivity index (χ2v) is 7.29. The number of phenolic OH excluding ortho intramolecular Hbond substituents is 1. The van der Waals surface area contributed by atoms with Crippen LogP contribution in [0.2, 0.25) is 5.02 Å². The zero-order chi connectivity index (χ0) is 15.8. The first-order valence-electron chi connectivity index (χ1n) is 5.77. The third-order valence-corrected chi connectivity index (χ3v) is 5.55. The third-order valence-electron chi connectivity index (χ3n) is 2.78. The number of nitrogens with two attached hydrogens (primary N) is 1. The minimum Gasteiger partial charge on any atom is -0.508 e. The number of halogens is 2. The molecule has 2 aromatic carbocycles. The fourth-order valence-electron chi connectivity index (χ4n) is 1.66. The summed E-state index contributed by atoms with van der Waals surface area (Å²) < 4.78 is 27.4. The van der Waals surface area contributed by atoms with Crippen LogP contribution < -0.4 is 10.5 Å². The topological polar surface area (TPSA) is 92.4 Å². The van der Waals surface area contributed by atoms with E-state index in [9.17, 15) is 13.5 Å². The number of nitrogen functional groups attached to an aromatic ring is 1. The lowest BCUT2D eigenvalue weighted by Gasteiger charge is -2.12. The summed E-state index contributed by atoms with van der Waals surface area (Å²) in [5.41, 5.74) is 6.79. The normalized spacial score (nSPS) is 11.4. The Morgan fingerprint density at radius 3 is 2.57 bits per heavy atom. The van der Waals surface area contributed by atoms with Gasteiger partial charge in [0, 0.05) is 16.8 Å². The van der Waals surface area contributed by atoms with Crippen LogP contribution in [0.3, 0.4) is 0 Å². The number of aryl methyl sites for hydroxylation is 1. The summed E-state index contributed by atoms with van der Waals surface area (Å²) in [5.74, 6) is -0.000117. The second kappa shape index (κ2) is 5.75. The van der Waals surface area contributed by atoms with E-state index in [2.05, 4.69) is 20.7 Å². The number of anilines is 2. The van der Waals surface area contributed by atoms with Crippen LogP contribution in [0, 0.1) is 6.92 Å². The molecule has 0 aliphatic carbocycles. The molecule has 0 aliphatic heterocycles. The number of nitrogens with one attached hydrogen (secondary N) is 1. The maximum Gasteiger partial charge on any atom is 0.263 e. The molecular weight excluding hydrogens is 380 g/mol. The lowest BCUT2D eigenvalue weighted by atomic mass is 10.2. The number of benzene rings is 2. The number of aromatic hydroxyl groups is 1. The van der Waals surface area contributed by atoms with Gasteiger partial charge in [-0.05, 0) is 46.6 Å². The highest BCUT2D eigenvalue weighted by molar-refractivity contribution is 9.10. The van der Waals surface area contributed by atoms with E-state index in [1.807, 2.05) is 0 Å². The van der Waals surface area contributed by atoms with Crippen molar-refractivity contribution in [2.75, 3.05) is 10.5 Å². The maximum atomic E-state index is 12.4. The monoisotopic (exact) mass is 390 g/mol. The molecule has 0 saturated heterocycles. The van der Waals surface area contributed by atoms with E-state index >= 15 is 0 Å². The van der Waals surface area contributed by atoms with E-state index in [1.165, 1.54) is 18.2 Å². The SMILES string of the molecule is Cc1ccc(NS(=O)(=O)c2cc(Cl)cc(N)c2Br)cc1O. The molecule has 0 bridgehead atoms. The lowest BCUT2D eigenvalue weighted by Crippen LogP contribution is -2.14. The molecular formula is C13H12BrClN2O3S. The molecule has 2 rings (SSSR count). The van der Waals surface area contributed by atoms with Crippen LogP contribution in [-0.2, 0) is 10.0 Å². The van der Waals surface area contributed by atoms with Crippen molar-refractivity contribution >= 4 is 48.9 Å². The molecule has 0 atom stereocenters. The van der Waals surface area contributed by atoms with Gasteiger partial charge in [0.25, 0.3) is 10.0 Å². The Balaban J connectivity index is 2.45. The zero-order valence-electron chi connectivity index (χ0n) is 10.9. The van der Waals surface area contributed by atoms with Crippen molar-refractivity contribution in [2.24, 2.45) is 0 Å². The maximum absolute atomic E-state index is 12.4. The van der Waals surface area contributed by atoms with E-state index < -0.39 is 10.0 Å². The van der Waals surface area contributed by atoms with E-state index in [4.69, 9.17) is 17.3 Å². The fourth-order valence-corrected chi connectivity index (χ4v) is 4.01. The summed E-state index contributed by atoms with van der Waals surface area (Å²) in [5, 5.41) is 9.84. The molecule has 21 heavy (non-hydrogen) atoms. The molecule has 0 heterocycles. The average Bonchev–Trinajstić information content (AvgIpc) is 2.37. The summed E-state index contributed by atoms with van der Waals surface area (Å²) >= 11 is 8.98. The molecule has 0 aliphatic rings. The van der Waals surface area contributed by atoms with Crippen LogP contribution >= 0.6 is 27.5 Å². The fraction of sp³-hybridized carbons (Fsp3) is 0.0769. The van der Waals surface area contributed by atoms with Gasteiger partial charge in [0.1, 0.15) is 10.6 Å². The van der Waals surface area contributed by atoms with Gasteiger partial charge in [0.05, 0.1) is 10.2 Å². The van der Waals surface area contributed by atoms with E-state index in [0.29, 0.717) is 5.56 Å². The quantitative estimate of drug-likeness (QED) is 0.698. The number of phenols is 1. The molecule has 0 amide bonds. The summed E-state index contributed by atoms with van der Waals surface area (Å²) in [6.45, 7) is 1.71. The first-order valence-corrected chi connectivity index (χ1v) is 8.43. The van der Waals surface area contributed by atoms with Gasteiger partial charge in [-0.2, -0.15) is 0 Å². The molecule has 0 unspecified atom stereocenters. The van der Waals surface area contributed by atoms with E-state index in [0.717, 1.165) is 0 Å². The Kier molecular flexibility index (Phi) is 4.36. The molecule has 0 radical (unpaired) electrons. The predicted octanol–water partition coefficient (Wildman–Crippen LogP) is 3.50. The largest absolute Gasteiger partial charge is 0.508 e. The van der Waals surface area contributed by atoms with Gasteiger partial charge in [-0.1, -0.05) is 17.7 Å². The number of rotatable bonds is 3. The van der Waals surface area contributed by atoms with Crippen molar-refractivity contribution in [3.8, 4) is 5.75 Å². The van der Waals surface area contributed by atoms with Crippen molar-refractivity contribution < 1.29 is 13.5 Å². The van der Waals surface area contributed by atoms with Crippen molar-refractivity contribution in [1.82, 2.24) is 0 Å². The highest BCUT2D eigenvalue weighted by Gasteiger charge is 2.20. The molecule has 0 spiro atoms. The summed E-state index contributed by atoms with van der Waals surface area (Å²) in [4.78, 5) is -0.0763. The Morgan fingerprint density at radius 2 is 1.95 bits per heavy atom. The molecule has 2 aromatic rings. The van der Waals surface area contributed by atoms with Gasteiger partial charge < -0.3 is 10.8 Å². The molecule has 0 fully saturated rings. The van der Waals surface area contributed by atoms with Crippen molar-refractivity contribution in [1.29, 1.82) is 0 Å². The van der Waals surface area contributed by atoms with Crippen molar-refractivity contribution in [3.63, 3.8) is 0 Å². The molecule has 112 valence electrons. The smallest absolute Gasteiger partial charge is 0.263 e. The van der Waals surface area contributed by atoms with Crippen LogP contribution in [-0.4, -0.2) is 13.5 Å². The van der Waals surface area contributed by atoms with Crippen molar-refractivity contribution in [2.45, 2.75) is 11.8 Å². The Morgan fingerprint density at radius 1 is 1.29 bits per heavy atom. The summed E-state index contributed by atoms with van der Waals surface area (Å²) in [6.07, 6.45) is 0. The number of hydrogen-bond acceptors (Lipinski definition) is 4. The van der Waals surface area contributed by atoms with E-state index in [-0.39, 0.29) is 31.5 Å². The van der Waals surface area contributed by atoms with E-state index in [1.54, 1.807) is 19.1 Å². The minimum absolute atomic E-state index is 0.000117. The van der Waals surface area contributed by atoms with Gasteiger partial charge in [-0.3, -0.25) is 4.72 Å². The Bertz CT molecular complexity index is 809. The van der Waals surface area contributed by atoms with Crippen molar-refractivity contribution in [3.05, 3.63) is 45.4 Å². The number of hydrogen-bond donors (Lipinski definition) is 3. The predicted molar refractivity (Wildman–Crippen MR) is 87.2 cm³/mol. The summed E-state index contributed by atoms with van der Waals surface area (Å²) in [6, 6.07) is 7.22. The molecule has 0 aromatic heterocycles. The number of sulfonamides is 1. The Labute approximate surface area is 135 Å². The average molecular weight is 392 g/mol. The Hall–Kier alpha value is -1.44. The summed E-state index contributed by atoms with van der Waals surface area (Å²) in [7, 11) is -3.89. The van der Waals surface area contributed by atoms with Gasteiger partial charge in [-0.15, -0.1) is 0 Å². The third kappa shape index (κ3) is 3.42. The standard InChI is InChI=1S/C13H12BrClN2O3S/c1-7-2-3-9(6-11(7)18)17-21(19,20)12-5-8(15)4-10(16)13(12)14/h2-6,17-18H,16H2,1H3. The zero-order valence-corrected chi connectivity index (χ0v) is 14.1. The highest BCUT2D eigenvalue weighted by Crippen LogP contribution is 2.33. The van der Waals surface area contributed by atoms with Crippen LogP contribution in [0.5, 0.6) is 5.75 Å². The van der Waals surface area contributed by atoms with Gasteiger partial charge in [0.2, 0.25) is 0 Å². The first-order chi connectivity index (χ1) is 9.70. The van der Waals surface area contributed by atoms with Gasteiger partial charge in [0.15, 0.2) is 0 Å². The molecule has 5 nitrogen and oxygen atoms in total. The van der Waals surface area contributed by atoms with Crippen LogP contribution in [0.1, 0.15) is 5.56 Å². The molecule has 4 N–H and O–H groups in total.